The molecular weight excluding hydrogens is 298 g/mol. The molecule has 0 bridgehead atoms. The smallest absolute Gasteiger partial charge is 0.223 e. The Kier molecular flexibility index (Phi) is 5.91. The maximum absolute atomic E-state index is 11.0. The number of carbonyl (C=O) groups is 1. The van der Waals surface area contributed by atoms with Gasteiger partial charge in [-0.1, -0.05) is 12.1 Å². The van der Waals surface area contributed by atoms with Gasteiger partial charge in [-0.2, -0.15) is 0 Å². The molecule has 0 radical (unpaired) electrons. The van der Waals surface area contributed by atoms with Gasteiger partial charge < -0.3 is 10.1 Å². The first kappa shape index (κ1) is 16.5. The van der Waals surface area contributed by atoms with Gasteiger partial charge in [-0.15, -0.1) is 11.3 Å². The standard InChI is InChI=1S/C16H21N3O2S/c1-4-21-15-7-5-13(6-8-15)9-19(3)10-14-11-22-16(18-14)17-12(2)20/h5-8,11H,4,9-10H2,1-3H3,(H,17,18,20). The molecule has 1 aromatic heterocycles. The summed E-state index contributed by atoms with van der Waals surface area (Å²) in [7, 11) is 2.05. The molecule has 0 saturated heterocycles. The number of carbonyl (C=O) groups excluding carboxylic acids is 1. The van der Waals surface area contributed by atoms with Gasteiger partial charge in [-0.25, -0.2) is 4.98 Å². The molecule has 22 heavy (non-hydrogen) atoms. The molecule has 1 heterocycles. The first-order valence-electron chi connectivity index (χ1n) is 7.19. The van der Waals surface area contributed by atoms with Crippen LogP contribution >= 0.6 is 11.3 Å². The number of benzene rings is 1. The van der Waals surface area contributed by atoms with Crippen LogP contribution in [0, 0.1) is 0 Å². The number of hydrogen-bond donors (Lipinski definition) is 1. The van der Waals surface area contributed by atoms with Crippen molar-refractivity contribution in [2.75, 3.05) is 19.0 Å². The first-order valence-corrected chi connectivity index (χ1v) is 8.07. The Hall–Kier alpha value is -1.92. The summed E-state index contributed by atoms with van der Waals surface area (Å²) in [5.41, 5.74) is 2.19. The van der Waals surface area contributed by atoms with Crippen molar-refractivity contribution in [2.24, 2.45) is 0 Å². The summed E-state index contributed by atoms with van der Waals surface area (Å²) < 4.78 is 5.44. The van der Waals surface area contributed by atoms with Crippen molar-refractivity contribution in [3.05, 3.63) is 40.9 Å². The largest absolute Gasteiger partial charge is 0.494 e. The summed E-state index contributed by atoms with van der Waals surface area (Å²) in [6, 6.07) is 8.13. The molecule has 5 nitrogen and oxygen atoms in total. The van der Waals surface area contributed by atoms with Crippen LogP contribution in [0.25, 0.3) is 0 Å². The van der Waals surface area contributed by atoms with E-state index in [0.717, 1.165) is 24.5 Å². The van der Waals surface area contributed by atoms with Crippen LogP contribution in [0.4, 0.5) is 5.13 Å². The fraction of sp³-hybridized carbons (Fsp3) is 0.375. The van der Waals surface area contributed by atoms with Crippen LogP contribution in [-0.2, 0) is 17.9 Å². The normalized spacial score (nSPS) is 10.7. The molecule has 0 saturated carbocycles. The van der Waals surface area contributed by atoms with E-state index in [1.54, 1.807) is 0 Å². The zero-order valence-corrected chi connectivity index (χ0v) is 13.9. The molecule has 0 aliphatic rings. The number of thiazole rings is 1. The van der Waals surface area contributed by atoms with E-state index in [2.05, 4.69) is 27.3 Å². The van der Waals surface area contributed by atoms with Crippen LogP contribution in [0.15, 0.2) is 29.6 Å². The first-order chi connectivity index (χ1) is 10.6. The fourth-order valence-electron chi connectivity index (χ4n) is 2.09. The van der Waals surface area contributed by atoms with Crippen LogP contribution in [0.2, 0.25) is 0 Å². The monoisotopic (exact) mass is 319 g/mol. The lowest BCUT2D eigenvalue weighted by molar-refractivity contribution is -0.114. The van der Waals surface area contributed by atoms with E-state index in [1.165, 1.54) is 23.8 Å². The van der Waals surface area contributed by atoms with E-state index in [0.29, 0.717) is 11.7 Å². The third kappa shape index (κ3) is 5.13. The van der Waals surface area contributed by atoms with Gasteiger partial charge in [0.15, 0.2) is 5.13 Å². The number of aromatic nitrogens is 1. The van der Waals surface area contributed by atoms with E-state index < -0.39 is 0 Å². The minimum Gasteiger partial charge on any atom is -0.494 e. The van der Waals surface area contributed by atoms with Crippen molar-refractivity contribution >= 4 is 22.4 Å². The van der Waals surface area contributed by atoms with E-state index >= 15 is 0 Å². The van der Waals surface area contributed by atoms with E-state index in [1.807, 2.05) is 31.5 Å². The molecule has 1 N–H and O–H groups in total. The molecule has 0 aliphatic heterocycles. The maximum atomic E-state index is 11.0. The molecule has 1 aromatic carbocycles. The van der Waals surface area contributed by atoms with E-state index in [4.69, 9.17) is 4.74 Å². The number of hydrogen-bond acceptors (Lipinski definition) is 5. The highest BCUT2D eigenvalue weighted by Gasteiger charge is 2.07. The molecule has 0 unspecified atom stereocenters. The number of anilines is 1. The molecule has 0 fully saturated rings. The number of rotatable bonds is 7. The Balaban J connectivity index is 1.87. The zero-order chi connectivity index (χ0) is 15.9. The minimum absolute atomic E-state index is 0.0938. The van der Waals surface area contributed by atoms with Crippen molar-refractivity contribution in [2.45, 2.75) is 26.9 Å². The topological polar surface area (TPSA) is 54.5 Å². The molecule has 0 spiro atoms. The van der Waals surface area contributed by atoms with Crippen molar-refractivity contribution in [3.8, 4) is 5.75 Å². The van der Waals surface area contributed by atoms with Crippen molar-refractivity contribution < 1.29 is 9.53 Å². The van der Waals surface area contributed by atoms with Gasteiger partial charge in [0.25, 0.3) is 0 Å². The van der Waals surface area contributed by atoms with Crippen LogP contribution in [-0.4, -0.2) is 29.4 Å². The summed E-state index contributed by atoms with van der Waals surface area (Å²) in [4.78, 5) is 17.6. The van der Waals surface area contributed by atoms with E-state index in [9.17, 15) is 4.79 Å². The van der Waals surface area contributed by atoms with Gasteiger partial charge in [0.2, 0.25) is 5.91 Å². The Morgan fingerprint density at radius 1 is 1.32 bits per heavy atom. The Labute approximate surface area is 134 Å². The summed E-state index contributed by atoms with van der Waals surface area (Å²) in [5.74, 6) is 0.803. The van der Waals surface area contributed by atoms with Gasteiger partial charge in [0, 0.05) is 25.4 Å². The Morgan fingerprint density at radius 2 is 2.05 bits per heavy atom. The van der Waals surface area contributed by atoms with Gasteiger partial charge >= 0.3 is 0 Å². The Morgan fingerprint density at radius 3 is 2.68 bits per heavy atom. The molecule has 2 rings (SSSR count). The van der Waals surface area contributed by atoms with Crippen molar-refractivity contribution in [1.29, 1.82) is 0 Å². The number of ether oxygens (including phenoxy) is 1. The van der Waals surface area contributed by atoms with Crippen LogP contribution in [0.1, 0.15) is 25.1 Å². The van der Waals surface area contributed by atoms with Crippen molar-refractivity contribution in [3.63, 3.8) is 0 Å². The van der Waals surface area contributed by atoms with E-state index in [-0.39, 0.29) is 5.91 Å². The van der Waals surface area contributed by atoms with Crippen LogP contribution < -0.4 is 10.1 Å². The molecule has 1 amide bonds. The molecule has 6 heteroatoms. The summed E-state index contributed by atoms with van der Waals surface area (Å²) in [5, 5.41) is 5.32. The molecular formula is C16H21N3O2S. The number of amides is 1. The predicted molar refractivity (Wildman–Crippen MR) is 89.2 cm³/mol. The highest BCUT2D eigenvalue weighted by molar-refractivity contribution is 7.13. The van der Waals surface area contributed by atoms with Gasteiger partial charge in [-0.05, 0) is 31.7 Å². The summed E-state index contributed by atoms with van der Waals surface area (Å²) in [6.07, 6.45) is 0. The van der Waals surface area contributed by atoms with Gasteiger partial charge in [0.1, 0.15) is 5.75 Å². The Bertz CT molecular complexity index is 610. The SMILES string of the molecule is CCOc1ccc(CN(C)Cc2csc(NC(C)=O)n2)cc1. The average molecular weight is 319 g/mol. The summed E-state index contributed by atoms with van der Waals surface area (Å²) >= 11 is 1.45. The number of nitrogens with zero attached hydrogens (tertiary/aromatic N) is 2. The zero-order valence-electron chi connectivity index (χ0n) is 13.1. The maximum Gasteiger partial charge on any atom is 0.223 e. The minimum atomic E-state index is -0.0938. The quantitative estimate of drug-likeness (QED) is 0.852. The van der Waals surface area contributed by atoms with Crippen LogP contribution in [0.3, 0.4) is 0 Å². The average Bonchev–Trinajstić information content (AvgIpc) is 2.87. The number of nitrogens with one attached hydrogen (secondary N) is 1. The lowest BCUT2D eigenvalue weighted by Crippen LogP contribution is -2.17. The molecule has 0 aliphatic carbocycles. The van der Waals surface area contributed by atoms with Gasteiger partial charge in [-0.3, -0.25) is 9.69 Å². The lowest BCUT2D eigenvalue weighted by atomic mass is 10.2. The predicted octanol–water partition coefficient (Wildman–Crippen LogP) is 3.13. The second-order valence-electron chi connectivity index (χ2n) is 5.07. The molecule has 2 aromatic rings. The second kappa shape index (κ2) is 7.91. The third-order valence-corrected chi connectivity index (χ3v) is 3.76. The fourth-order valence-corrected chi connectivity index (χ4v) is 2.84. The van der Waals surface area contributed by atoms with Crippen molar-refractivity contribution in [1.82, 2.24) is 9.88 Å². The second-order valence-corrected chi connectivity index (χ2v) is 5.93. The lowest BCUT2D eigenvalue weighted by Gasteiger charge is -2.15. The highest BCUT2D eigenvalue weighted by Crippen LogP contribution is 2.18. The van der Waals surface area contributed by atoms with Gasteiger partial charge in [0.05, 0.1) is 12.3 Å². The summed E-state index contributed by atoms with van der Waals surface area (Å²) in [6.45, 7) is 5.71. The molecule has 118 valence electrons. The highest BCUT2D eigenvalue weighted by atomic mass is 32.1. The molecule has 0 atom stereocenters. The third-order valence-electron chi connectivity index (χ3n) is 2.95. The van der Waals surface area contributed by atoms with Crippen LogP contribution in [0.5, 0.6) is 5.75 Å².